The molecule has 0 radical (unpaired) electrons. The van der Waals surface area contributed by atoms with Crippen molar-refractivity contribution in [1.29, 1.82) is 0 Å². The summed E-state index contributed by atoms with van der Waals surface area (Å²) >= 11 is 12.2. The zero-order valence-corrected chi connectivity index (χ0v) is 20.4. The van der Waals surface area contributed by atoms with Crippen LogP contribution in [0.5, 0.6) is 0 Å². The molecule has 3 heterocycles. The topological polar surface area (TPSA) is 78.6 Å². The number of anilines is 1. The molecule has 1 fully saturated rings. The van der Waals surface area contributed by atoms with E-state index in [1.807, 2.05) is 29.2 Å². The largest absolute Gasteiger partial charge is 0.478 e. The number of pyridine rings is 1. The smallest absolute Gasteiger partial charge is 0.335 e. The summed E-state index contributed by atoms with van der Waals surface area (Å²) in [6.45, 7) is 2.12. The number of aromatic nitrogens is 1. The number of furan rings is 1. The Bertz CT molecular complexity index is 1390. The van der Waals surface area contributed by atoms with Gasteiger partial charge in [0.2, 0.25) is 0 Å². The normalized spacial score (nSPS) is 17.4. The first-order valence-electron chi connectivity index (χ1n) is 11.2. The van der Waals surface area contributed by atoms with Crippen molar-refractivity contribution in [3.05, 3.63) is 107 Å². The van der Waals surface area contributed by atoms with Gasteiger partial charge in [0, 0.05) is 17.4 Å². The van der Waals surface area contributed by atoms with Gasteiger partial charge in [0.1, 0.15) is 17.6 Å². The number of aryl methyl sites for hydroxylation is 1. The minimum Gasteiger partial charge on any atom is -0.478 e. The molecule has 5 rings (SSSR count). The van der Waals surface area contributed by atoms with Crippen LogP contribution in [0.25, 0.3) is 11.3 Å². The molecule has 1 saturated heterocycles. The second-order valence-corrected chi connectivity index (χ2v) is 9.01. The number of carbonyl (C=O) groups is 1. The highest BCUT2D eigenvalue weighted by Gasteiger charge is 2.42. The van der Waals surface area contributed by atoms with Gasteiger partial charge in [-0.3, -0.25) is 4.98 Å². The van der Waals surface area contributed by atoms with Crippen LogP contribution in [0, 0.1) is 0 Å². The van der Waals surface area contributed by atoms with E-state index >= 15 is 0 Å². The highest BCUT2D eigenvalue weighted by Crippen LogP contribution is 2.43. The molecular weight excluding hydrogens is 482 g/mol. The zero-order valence-electron chi connectivity index (χ0n) is 18.8. The highest BCUT2D eigenvalue weighted by atomic mass is 35.5. The van der Waals surface area contributed by atoms with Gasteiger partial charge in [0.05, 0.1) is 22.3 Å². The molecule has 4 aromatic rings. The molecule has 2 aromatic heterocycles. The molecule has 176 valence electrons. The Balaban J connectivity index is 1.60. The van der Waals surface area contributed by atoms with Crippen molar-refractivity contribution >= 4 is 40.6 Å². The van der Waals surface area contributed by atoms with E-state index in [1.165, 1.54) is 17.7 Å². The number of nitrogens with zero attached hydrogens (tertiary/aromatic N) is 2. The molecule has 0 amide bonds. The van der Waals surface area contributed by atoms with Crippen molar-refractivity contribution in [2.24, 2.45) is 0 Å². The number of nitrogens with one attached hydrogen (secondary N) is 1. The lowest BCUT2D eigenvalue weighted by Crippen LogP contribution is -2.29. The molecule has 8 heteroatoms. The van der Waals surface area contributed by atoms with Crippen molar-refractivity contribution in [2.75, 3.05) is 4.90 Å². The molecule has 1 aliphatic heterocycles. The van der Waals surface area contributed by atoms with E-state index in [-0.39, 0.29) is 17.6 Å². The fourth-order valence-electron chi connectivity index (χ4n) is 4.32. The summed E-state index contributed by atoms with van der Waals surface area (Å²) in [5.74, 6) is 0.100. The predicted molar refractivity (Wildman–Crippen MR) is 140 cm³/mol. The molecule has 0 saturated carbocycles. The molecule has 0 bridgehead atoms. The minimum absolute atomic E-state index is 0.134. The van der Waals surface area contributed by atoms with Crippen LogP contribution in [0.15, 0.2) is 83.4 Å². The van der Waals surface area contributed by atoms with Crippen LogP contribution in [0.2, 0.25) is 5.02 Å². The molecular formula is C27H22ClN3O3S. The number of hydrogen-bond acceptors (Lipinski definition) is 4. The summed E-state index contributed by atoms with van der Waals surface area (Å²) in [7, 11) is 0. The van der Waals surface area contributed by atoms with Gasteiger partial charge in [-0.1, -0.05) is 36.7 Å². The van der Waals surface area contributed by atoms with E-state index < -0.39 is 5.97 Å². The maximum atomic E-state index is 11.5. The van der Waals surface area contributed by atoms with Crippen molar-refractivity contribution < 1.29 is 14.3 Å². The molecule has 1 aliphatic rings. The average Bonchev–Trinajstić information content (AvgIpc) is 3.49. The van der Waals surface area contributed by atoms with Crippen molar-refractivity contribution in [3.63, 3.8) is 0 Å². The quantitative estimate of drug-likeness (QED) is 0.293. The van der Waals surface area contributed by atoms with Gasteiger partial charge in [0.25, 0.3) is 0 Å². The number of halogens is 1. The Kier molecular flexibility index (Phi) is 6.28. The first-order chi connectivity index (χ1) is 17.0. The van der Waals surface area contributed by atoms with E-state index in [2.05, 4.69) is 41.5 Å². The van der Waals surface area contributed by atoms with Crippen molar-refractivity contribution in [2.45, 2.75) is 25.4 Å². The molecule has 2 atom stereocenters. The number of carboxylic acid groups (broad SMARTS) is 1. The lowest BCUT2D eigenvalue weighted by atomic mass is 10.0. The molecule has 2 aromatic carbocycles. The van der Waals surface area contributed by atoms with Crippen LogP contribution in [-0.4, -0.2) is 21.2 Å². The van der Waals surface area contributed by atoms with Crippen LogP contribution in [0.4, 0.5) is 5.69 Å². The van der Waals surface area contributed by atoms with Crippen LogP contribution in [0.3, 0.4) is 0 Å². The second-order valence-electron chi connectivity index (χ2n) is 8.22. The fraction of sp³-hybridized carbons (Fsp3) is 0.148. The Morgan fingerprint density at radius 2 is 1.94 bits per heavy atom. The summed E-state index contributed by atoms with van der Waals surface area (Å²) in [4.78, 5) is 18.1. The zero-order chi connectivity index (χ0) is 24.5. The molecule has 6 nitrogen and oxygen atoms in total. The highest BCUT2D eigenvalue weighted by molar-refractivity contribution is 7.80. The lowest BCUT2D eigenvalue weighted by Gasteiger charge is -2.26. The third kappa shape index (κ3) is 4.40. The van der Waals surface area contributed by atoms with Crippen molar-refractivity contribution in [1.82, 2.24) is 10.3 Å². The summed E-state index contributed by atoms with van der Waals surface area (Å²) in [5, 5.41) is 13.8. The molecule has 0 aliphatic carbocycles. The van der Waals surface area contributed by atoms with Gasteiger partial charge in [-0.25, -0.2) is 4.79 Å². The van der Waals surface area contributed by atoms with Gasteiger partial charge in [-0.2, -0.15) is 0 Å². The van der Waals surface area contributed by atoms with Crippen LogP contribution >= 0.6 is 23.8 Å². The summed E-state index contributed by atoms with van der Waals surface area (Å²) in [6, 6.07) is 21.7. The maximum Gasteiger partial charge on any atom is 0.335 e. The average molecular weight is 504 g/mol. The number of aromatic carboxylic acids is 1. The number of hydrogen-bond donors (Lipinski definition) is 2. The Labute approximate surface area is 213 Å². The summed E-state index contributed by atoms with van der Waals surface area (Å²) in [5.41, 5.74) is 3.65. The number of carboxylic acids is 1. The van der Waals surface area contributed by atoms with Crippen molar-refractivity contribution in [3.8, 4) is 11.3 Å². The number of benzene rings is 2. The lowest BCUT2D eigenvalue weighted by molar-refractivity contribution is 0.0697. The third-order valence-corrected chi connectivity index (χ3v) is 6.76. The van der Waals surface area contributed by atoms with Crippen LogP contribution < -0.4 is 10.2 Å². The minimum atomic E-state index is -1.03. The van der Waals surface area contributed by atoms with Gasteiger partial charge >= 0.3 is 5.97 Å². The number of rotatable bonds is 6. The second kappa shape index (κ2) is 9.52. The van der Waals surface area contributed by atoms with E-state index in [1.54, 1.807) is 18.3 Å². The first kappa shape index (κ1) is 23.1. The van der Waals surface area contributed by atoms with E-state index in [0.29, 0.717) is 27.2 Å². The third-order valence-electron chi connectivity index (χ3n) is 6.12. The monoisotopic (exact) mass is 503 g/mol. The summed E-state index contributed by atoms with van der Waals surface area (Å²) in [6.07, 6.45) is 2.70. The maximum absolute atomic E-state index is 11.5. The Hall–Kier alpha value is -3.68. The molecule has 35 heavy (non-hydrogen) atoms. The fourth-order valence-corrected chi connectivity index (χ4v) is 4.87. The van der Waals surface area contributed by atoms with E-state index in [9.17, 15) is 9.90 Å². The molecule has 0 spiro atoms. The van der Waals surface area contributed by atoms with Gasteiger partial charge in [-0.05, 0) is 78.8 Å². The molecule has 0 unspecified atom stereocenters. The SMILES string of the molecule is CCc1ccc(N2C(=S)N[C@@H](c3ccccn3)[C@H]2c2ccc(-c3cc(C(=O)O)ccc3Cl)o2)cc1. The van der Waals surface area contributed by atoms with Crippen LogP contribution in [-0.2, 0) is 6.42 Å². The van der Waals surface area contributed by atoms with E-state index in [0.717, 1.165) is 17.8 Å². The van der Waals surface area contributed by atoms with Gasteiger partial charge in [-0.15, -0.1) is 0 Å². The standard InChI is InChI=1S/C27H22ClN3O3S/c1-2-16-6-9-18(10-7-16)31-25(24(30-27(31)35)21-5-3-4-14-29-21)23-13-12-22(34-23)19-15-17(26(32)33)8-11-20(19)28/h3-15,24-25H,2H2,1H3,(H,30,35)(H,32,33)/t24-,25+/m0/s1. The van der Waals surface area contributed by atoms with E-state index in [4.69, 9.17) is 28.2 Å². The number of thiocarbonyl (C=S) groups is 1. The van der Waals surface area contributed by atoms with Crippen LogP contribution in [0.1, 0.15) is 46.4 Å². The Morgan fingerprint density at radius 1 is 1.14 bits per heavy atom. The van der Waals surface area contributed by atoms with Gasteiger partial charge in [0.15, 0.2) is 5.11 Å². The predicted octanol–water partition coefficient (Wildman–Crippen LogP) is 6.43. The first-order valence-corrected chi connectivity index (χ1v) is 12.0. The Morgan fingerprint density at radius 3 is 2.63 bits per heavy atom. The van der Waals surface area contributed by atoms with Gasteiger partial charge < -0.3 is 19.7 Å². The summed E-state index contributed by atoms with van der Waals surface area (Å²) < 4.78 is 6.32. The molecule has 2 N–H and O–H groups in total.